The van der Waals surface area contributed by atoms with Crippen LogP contribution in [-0.2, 0) is 20.0 Å². The van der Waals surface area contributed by atoms with Crippen molar-refractivity contribution in [2.75, 3.05) is 13.1 Å². The van der Waals surface area contributed by atoms with Crippen LogP contribution in [0.1, 0.15) is 30.1 Å². The molecule has 2 aromatic rings. The molecule has 3 rings (SSSR count). The highest BCUT2D eigenvalue weighted by atomic mass is 16.5. The van der Waals surface area contributed by atoms with Crippen LogP contribution in [0.5, 0.6) is 0 Å². The van der Waals surface area contributed by atoms with E-state index in [1.165, 1.54) is 0 Å². The molecule has 1 N–H and O–H groups in total. The number of aryl methyl sites for hydroxylation is 2. The second-order valence-corrected chi connectivity index (χ2v) is 6.20. The molecule has 1 saturated heterocycles. The third-order valence-corrected chi connectivity index (χ3v) is 4.30. The molecule has 2 aromatic heterocycles. The van der Waals surface area contributed by atoms with E-state index in [0.29, 0.717) is 12.5 Å². The fraction of sp³-hybridized carbons (Fsp3) is 0.562. The number of aromatic nitrogens is 3. The SMILES string of the molecule is Cc1cc(CNC(=O)N2CCC[C@H](Cc3nccn3C)C2)no1. The van der Waals surface area contributed by atoms with Crippen LogP contribution in [-0.4, -0.2) is 38.7 Å². The van der Waals surface area contributed by atoms with Gasteiger partial charge in [0, 0.05) is 45.0 Å². The molecule has 0 bridgehead atoms. The summed E-state index contributed by atoms with van der Waals surface area (Å²) in [6.07, 6.45) is 6.87. The van der Waals surface area contributed by atoms with Gasteiger partial charge in [-0.1, -0.05) is 5.16 Å². The van der Waals surface area contributed by atoms with E-state index in [-0.39, 0.29) is 6.03 Å². The Morgan fingerprint density at radius 3 is 3.09 bits per heavy atom. The standard InChI is InChI=1S/C16H23N5O2/c1-12-8-14(19-23-12)10-18-16(22)21-6-3-4-13(11-21)9-15-17-5-7-20(15)2/h5,7-8,13H,3-4,6,9-11H2,1-2H3,(H,18,22)/t13-/m1/s1. The molecule has 0 spiro atoms. The van der Waals surface area contributed by atoms with Gasteiger partial charge in [-0.25, -0.2) is 9.78 Å². The van der Waals surface area contributed by atoms with Gasteiger partial charge in [-0.05, 0) is 25.7 Å². The molecule has 124 valence electrons. The highest BCUT2D eigenvalue weighted by Gasteiger charge is 2.24. The Morgan fingerprint density at radius 2 is 2.39 bits per heavy atom. The zero-order valence-corrected chi connectivity index (χ0v) is 13.7. The fourth-order valence-corrected chi connectivity index (χ4v) is 3.05. The minimum Gasteiger partial charge on any atom is -0.361 e. The Hall–Kier alpha value is -2.31. The van der Waals surface area contributed by atoms with Gasteiger partial charge in [0.15, 0.2) is 0 Å². The van der Waals surface area contributed by atoms with Crippen molar-refractivity contribution < 1.29 is 9.32 Å². The molecule has 0 aliphatic carbocycles. The van der Waals surface area contributed by atoms with E-state index in [2.05, 4.69) is 15.5 Å². The van der Waals surface area contributed by atoms with E-state index in [4.69, 9.17) is 4.52 Å². The number of hydrogen-bond acceptors (Lipinski definition) is 4. The summed E-state index contributed by atoms with van der Waals surface area (Å²) in [6, 6.07) is 1.80. The molecule has 3 heterocycles. The van der Waals surface area contributed by atoms with Crippen LogP contribution < -0.4 is 5.32 Å². The number of likely N-dealkylation sites (tertiary alicyclic amines) is 1. The smallest absolute Gasteiger partial charge is 0.317 e. The maximum atomic E-state index is 12.3. The number of urea groups is 1. The third-order valence-electron chi connectivity index (χ3n) is 4.30. The largest absolute Gasteiger partial charge is 0.361 e. The molecular formula is C16H23N5O2. The van der Waals surface area contributed by atoms with Crippen LogP contribution in [0.3, 0.4) is 0 Å². The Kier molecular flexibility index (Phi) is 4.64. The molecule has 1 aliphatic rings. The van der Waals surface area contributed by atoms with Gasteiger partial charge in [-0.2, -0.15) is 0 Å². The Labute approximate surface area is 135 Å². The summed E-state index contributed by atoms with van der Waals surface area (Å²) in [5.74, 6) is 2.29. The summed E-state index contributed by atoms with van der Waals surface area (Å²) in [7, 11) is 2.01. The van der Waals surface area contributed by atoms with Crippen molar-refractivity contribution >= 4 is 6.03 Å². The molecule has 1 fully saturated rings. The van der Waals surface area contributed by atoms with Crippen LogP contribution in [0.2, 0.25) is 0 Å². The van der Waals surface area contributed by atoms with Gasteiger partial charge in [-0.15, -0.1) is 0 Å². The quantitative estimate of drug-likeness (QED) is 0.934. The predicted octanol–water partition coefficient (Wildman–Crippen LogP) is 1.88. The normalized spacial score (nSPS) is 18.2. The number of imidazole rings is 1. The molecule has 23 heavy (non-hydrogen) atoms. The van der Waals surface area contributed by atoms with E-state index in [0.717, 1.165) is 49.6 Å². The van der Waals surface area contributed by atoms with Crippen molar-refractivity contribution in [1.82, 2.24) is 24.9 Å². The van der Waals surface area contributed by atoms with Gasteiger partial charge in [0.1, 0.15) is 17.3 Å². The number of nitrogens with zero attached hydrogens (tertiary/aromatic N) is 4. The highest BCUT2D eigenvalue weighted by molar-refractivity contribution is 5.74. The number of nitrogens with one attached hydrogen (secondary N) is 1. The van der Waals surface area contributed by atoms with Crippen LogP contribution in [0.25, 0.3) is 0 Å². The first kappa shape index (κ1) is 15.6. The number of amides is 2. The number of hydrogen-bond donors (Lipinski definition) is 1. The predicted molar refractivity (Wildman–Crippen MR) is 84.7 cm³/mol. The minimum absolute atomic E-state index is 0.0322. The molecule has 1 aliphatic heterocycles. The summed E-state index contributed by atoms with van der Waals surface area (Å²) < 4.78 is 7.05. The lowest BCUT2D eigenvalue weighted by Gasteiger charge is -2.32. The van der Waals surface area contributed by atoms with Crippen molar-refractivity contribution in [2.45, 2.75) is 32.7 Å². The minimum atomic E-state index is -0.0322. The molecule has 7 nitrogen and oxygen atoms in total. The Bertz CT molecular complexity index is 663. The summed E-state index contributed by atoms with van der Waals surface area (Å²) in [5, 5.41) is 6.80. The number of carbonyl (C=O) groups is 1. The average Bonchev–Trinajstić information content (AvgIpc) is 3.14. The number of carbonyl (C=O) groups excluding carboxylic acids is 1. The summed E-state index contributed by atoms with van der Waals surface area (Å²) >= 11 is 0. The van der Waals surface area contributed by atoms with E-state index < -0.39 is 0 Å². The lowest BCUT2D eigenvalue weighted by Crippen LogP contribution is -2.45. The van der Waals surface area contributed by atoms with Gasteiger partial charge in [0.05, 0.1) is 6.54 Å². The average molecular weight is 317 g/mol. The molecule has 0 saturated carbocycles. The summed E-state index contributed by atoms with van der Waals surface area (Å²) in [5.41, 5.74) is 0.748. The topological polar surface area (TPSA) is 76.2 Å². The van der Waals surface area contributed by atoms with Crippen molar-refractivity contribution in [3.8, 4) is 0 Å². The maximum absolute atomic E-state index is 12.3. The lowest BCUT2D eigenvalue weighted by atomic mass is 9.94. The van der Waals surface area contributed by atoms with Crippen LogP contribution >= 0.6 is 0 Å². The van der Waals surface area contributed by atoms with Crippen molar-refractivity contribution in [3.63, 3.8) is 0 Å². The first-order valence-electron chi connectivity index (χ1n) is 8.03. The molecule has 0 aromatic carbocycles. The number of rotatable bonds is 4. The molecular weight excluding hydrogens is 294 g/mol. The van der Waals surface area contributed by atoms with Crippen LogP contribution in [0.4, 0.5) is 4.79 Å². The van der Waals surface area contributed by atoms with E-state index >= 15 is 0 Å². The first-order chi connectivity index (χ1) is 11.1. The molecule has 0 unspecified atom stereocenters. The molecule has 0 radical (unpaired) electrons. The van der Waals surface area contributed by atoms with Crippen LogP contribution in [0.15, 0.2) is 23.0 Å². The molecule has 7 heteroatoms. The van der Waals surface area contributed by atoms with E-state index in [1.807, 2.05) is 41.9 Å². The van der Waals surface area contributed by atoms with E-state index in [1.54, 1.807) is 0 Å². The second kappa shape index (κ2) is 6.85. The van der Waals surface area contributed by atoms with Crippen molar-refractivity contribution in [2.24, 2.45) is 13.0 Å². The van der Waals surface area contributed by atoms with Gasteiger partial charge in [0.2, 0.25) is 0 Å². The third kappa shape index (κ3) is 3.91. The zero-order chi connectivity index (χ0) is 16.2. The molecule has 1 atom stereocenters. The van der Waals surface area contributed by atoms with E-state index in [9.17, 15) is 4.79 Å². The lowest BCUT2D eigenvalue weighted by molar-refractivity contribution is 0.164. The van der Waals surface area contributed by atoms with Crippen molar-refractivity contribution in [3.05, 3.63) is 35.7 Å². The van der Waals surface area contributed by atoms with Gasteiger partial charge >= 0.3 is 6.03 Å². The highest BCUT2D eigenvalue weighted by Crippen LogP contribution is 2.20. The van der Waals surface area contributed by atoms with Gasteiger partial charge in [0.25, 0.3) is 0 Å². The Balaban J connectivity index is 1.51. The molecule has 2 amide bonds. The summed E-state index contributed by atoms with van der Waals surface area (Å²) in [6.45, 7) is 3.82. The zero-order valence-electron chi connectivity index (χ0n) is 13.7. The van der Waals surface area contributed by atoms with Gasteiger partial charge < -0.3 is 19.3 Å². The first-order valence-corrected chi connectivity index (χ1v) is 8.03. The maximum Gasteiger partial charge on any atom is 0.317 e. The fourth-order valence-electron chi connectivity index (χ4n) is 3.05. The second-order valence-electron chi connectivity index (χ2n) is 6.20. The van der Waals surface area contributed by atoms with Crippen LogP contribution in [0, 0.1) is 12.8 Å². The summed E-state index contributed by atoms with van der Waals surface area (Å²) in [4.78, 5) is 18.6. The van der Waals surface area contributed by atoms with Crippen molar-refractivity contribution in [1.29, 1.82) is 0 Å². The van der Waals surface area contributed by atoms with Gasteiger partial charge in [-0.3, -0.25) is 0 Å². The Morgan fingerprint density at radius 1 is 1.52 bits per heavy atom. The monoisotopic (exact) mass is 317 g/mol. The number of piperidine rings is 1.